The molecule has 0 unspecified atom stereocenters. The lowest BCUT2D eigenvalue weighted by Crippen LogP contribution is -1.72. The first-order valence-electron chi connectivity index (χ1n) is 4.65. The zero-order valence-electron chi connectivity index (χ0n) is 7.45. The summed E-state index contributed by atoms with van der Waals surface area (Å²) in [6, 6.07) is 0. The van der Waals surface area contributed by atoms with Crippen LogP contribution in [0.5, 0.6) is 0 Å². The molecule has 64 valence electrons. The molecule has 1 rings (SSSR count). The van der Waals surface area contributed by atoms with Crippen LogP contribution < -0.4 is 0 Å². The maximum atomic E-state index is 2.23. The smallest absolute Gasteiger partial charge is 0.0347 e. The van der Waals surface area contributed by atoms with Gasteiger partial charge in [0.25, 0.3) is 0 Å². The number of hydrogen-bond donors (Lipinski definition) is 0. The molecule has 0 N–H and O–H groups in total. The van der Waals surface area contributed by atoms with Crippen LogP contribution >= 0.6 is 0 Å². The van der Waals surface area contributed by atoms with Crippen LogP contribution in [-0.4, -0.2) is 0 Å². The summed E-state index contributed by atoms with van der Waals surface area (Å²) in [5.41, 5.74) is 0. The summed E-state index contributed by atoms with van der Waals surface area (Å²) in [5, 5.41) is 0. The molecule has 0 heterocycles. The summed E-state index contributed by atoms with van der Waals surface area (Å²) in [5.74, 6) is 0. The van der Waals surface area contributed by atoms with Crippen LogP contribution in [-0.2, 0) is 0 Å². The molecule has 0 atom stereocenters. The highest BCUT2D eigenvalue weighted by Crippen LogP contribution is 2.02. The Morgan fingerprint density at radius 2 is 0.917 bits per heavy atom. The Balaban J connectivity index is 2.43. The van der Waals surface area contributed by atoms with Crippen molar-refractivity contribution in [2.75, 3.05) is 0 Å². The molecule has 0 aliphatic heterocycles. The average molecular weight is 160 g/mol. The predicted octanol–water partition coefficient (Wildman–Crippen LogP) is 3.79. The lowest BCUT2D eigenvalue weighted by molar-refractivity contribution is 0.762. The molecule has 0 amide bonds. The Bertz CT molecular complexity index is 180. The van der Waals surface area contributed by atoms with Crippen LogP contribution in [0.3, 0.4) is 0 Å². The van der Waals surface area contributed by atoms with E-state index in [1.54, 1.807) is 0 Å². The summed E-state index contributed by atoms with van der Waals surface area (Å²) in [4.78, 5) is 0. The van der Waals surface area contributed by atoms with E-state index in [9.17, 15) is 0 Å². The van der Waals surface area contributed by atoms with Crippen molar-refractivity contribution in [2.24, 2.45) is 0 Å². The van der Waals surface area contributed by atoms with Crippen LogP contribution in [0, 0.1) is 0 Å². The highest BCUT2D eigenvalue weighted by atomic mass is 13.9. The lowest BCUT2D eigenvalue weighted by Gasteiger charge is -1.92. The van der Waals surface area contributed by atoms with E-state index in [2.05, 4.69) is 48.6 Å². The Morgan fingerprint density at radius 3 is 1.42 bits per heavy atom. The molecule has 1 aliphatic rings. The van der Waals surface area contributed by atoms with E-state index < -0.39 is 0 Å². The van der Waals surface area contributed by atoms with Gasteiger partial charge < -0.3 is 0 Å². The highest BCUT2D eigenvalue weighted by Gasteiger charge is 1.82. The zero-order valence-corrected chi connectivity index (χ0v) is 7.45. The molecular weight excluding hydrogens is 144 g/mol. The second kappa shape index (κ2) is 6.66. The Kier molecular flexibility index (Phi) is 5.02. The van der Waals surface area contributed by atoms with E-state index in [0.717, 1.165) is 0 Å². The van der Waals surface area contributed by atoms with Crippen molar-refractivity contribution >= 4 is 0 Å². The molecule has 0 saturated heterocycles. The normalized spacial score (nSPS) is 24.0. The molecule has 0 fully saturated rings. The molecule has 0 aromatic carbocycles. The van der Waals surface area contributed by atoms with Gasteiger partial charge in [-0.2, -0.15) is 0 Å². The first kappa shape index (κ1) is 9.05. The molecule has 0 nitrogen and oxygen atoms in total. The average Bonchev–Trinajstić information content (AvgIpc) is 2.05. The topological polar surface area (TPSA) is 0 Å². The molecule has 0 radical (unpaired) electrons. The van der Waals surface area contributed by atoms with Gasteiger partial charge in [0, 0.05) is 0 Å². The van der Waals surface area contributed by atoms with Crippen LogP contribution in [0.15, 0.2) is 48.6 Å². The van der Waals surface area contributed by atoms with Gasteiger partial charge in [-0.1, -0.05) is 48.6 Å². The van der Waals surface area contributed by atoms with E-state index >= 15 is 0 Å². The minimum absolute atomic E-state index is 1.21. The minimum Gasteiger partial charge on any atom is -0.0845 e. The summed E-state index contributed by atoms with van der Waals surface area (Å²) < 4.78 is 0. The van der Waals surface area contributed by atoms with Gasteiger partial charge in [0.15, 0.2) is 0 Å². The number of allylic oxidation sites excluding steroid dienone is 8. The van der Waals surface area contributed by atoms with E-state index in [-0.39, 0.29) is 0 Å². The molecule has 0 heteroatoms. The van der Waals surface area contributed by atoms with Gasteiger partial charge in [0.2, 0.25) is 0 Å². The van der Waals surface area contributed by atoms with Crippen molar-refractivity contribution < 1.29 is 0 Å². The van der Waals surface area contributed by atoms with Crippen molar-refractivity contribution in [1.29, 1.82) is 0 Å². The summed E-state index contributed by atoms with van der Waals surface area (Å²) in [7, 11) is 0. The number of rotatable bonds is 0. The van der Waals surface area contributed by atoms with Crippen LogP contribution in [0.2, 0.25) is 0 Å². The van der Waals surface area contributed by atoms with Gasteiger partial charge >= 0.3 is 0 Å². The molecular formula is C12H16. The van der Waals surface area contributed by atoms with E-state index in [0.29, 0.717) is 0 Å². The third kappa shape index (κ3) is 4.73. The molecule has 0 saturated carbocycles. The maximum Gasteiger partial charge on any atom is -0.0347 e. The highest BCUT2D eigenvalue weighted by molar-refractivity contribution is 5.15. The van der Waals surface area contributed by atoms with Crippen molar-refractivity contribution in [2.45, 2.75) is 25.7 Å². The fourth-order valence-electron chi connectivity index (χ4n) is 1.13. The predicted molar refractivity (Wildman–Crippen MR) is 55.0 cm³/mol. The quantitative estimate of drug-likeness (QED) is 0.506. The van der Waals surface area contributed by atoms with Crippen LogP contribution in [0.1, 0.15) is 25.7 Å². The van der Waals surface area contributed by atoms with Gasteiger partial charge in [-0.3, -0.25) is 0 Å². The molecule has 12 heavy (non-hydrogen) atoms. The Labute approximate surface area is 75.0 Å². The Morgan fingerprint density at radius 1 is 0.500 bits per heavy atom. The van der Waals surface area contributed by atoms with E-state index in [4.69, 9.17) is 0 Å². The summed E-state index contributed by atoms with van der Waals surface area (Å²) in [6.07, 6.45) is 22.0. The fourth-order valence-corrected chi connectivity index (χ4v) is 1.13. The summed E-state index contributed by atoms with van der Waals surface area (Å²) >= 11 is 0. The second-order valence-corrected chi connectivity index (χ2v) is 2.91. The van der Waals surface area contributed by atoms with Crippen LogP contribution in [0.25, 0.3) is 0 Å². The molecule has 0 aromatic heterocycles. The largest absolute Gasteiger partial charge is 0.0845 e. The van der Waals surface area contributed by atoms with Crippen LogP contribution in [0.4, 0.5) is 0 Å². The number of hydrogen-bond acceptors (Lipinski definition) is 0. The summed E-state index contributed by atoms with van der Waals surface area (Å²) in [6.45, 7) is 0. The van der Waals surface area contributed by atoms with Gasteiger partial charge in [-0.05, 0) is 25.7 Å². The second-order valence-electron chi connectivity index (χ2n) is 2.91. The standard InChI is InChI=1S/C12H16/c1-2-4-6-8-10-12-11-9-7-5-3-1/h1-8H,9-12H2/b3-1?,4-2?,7-5-,8-6-. The fraction of sp³-hybridized carbons (Fsp3) is 0.333. The molecule has 0 aromatic rings. The molecule has 0 spiro atoms. The minimum atomic E-state index is 1.21. The van der Waals surface area contributed by atoms with Gasteiger partial charge in [0.05, 0.1) is 0 Å². The third-order valence-electron chi connectivity index (χ3n) is 1.82. The van der Waals surface area contributed by atoms with E-state index in [1.807, 2.05) is 0 Å². The lowest BCUT2D eigenvalue weighted by atomic mass is 10.1. The van der Waals surface area contributed by atoms with Crippen molar-refractivity contribution in [1.82, 2.24) is 0 Å². The Hall–Kier alpha value is -1.04. The third-order valence-corrected chi connectivity index (χ3v) is 1.82. The van der Waals surface area contributed by atoms with Crippen molar-refractivity contribution in [3.05, 3.63) is 48.6 Å². The van der Waals surface area contributed by atoms with Gasteiger partial charge in [-0.25, -0.2) is 0 Å². The van der Waals surface area contributed by atoms with Gasteiger partial charge in [-0.15, -0.1) is 0 Å². The zero-order chi connectivity index (χ0) is 8.49. The maximum absolute atomic E-state index is 2.23. The monoisotopic (exact) mass is 160 g/mol. The van der Waals surface area contributed by atoms with E-state index in [1.165, 1.54) is 25.7 Å². The van der Waals surface area contributed by atoms with Crippen molar-refractivity contribution in [3.63, 3.8) is 0 Å². The van der Waals surface area contributed by atoms with Crippen molar-refractivity contribution in [3.8, 4) is 0 Å². The first-order valence-corrected chi connectivity index (χ1v) is 4.65. The van der Waals surface area contributed by atoms with Gasteiger partial charge in [0.1, 0.15) is 0 Å². The molecule has 1 aliphatic carbocycles. The molecule has 0 bridgehead atoms. The first-order chi connectivity index (χ1) is 6.00. The SMILES string of the molecule is C1=C/C=C\CCCC/C=C\C=C1.